The van der Waals surface area contributed by atoms with Crippen LogP contribution in [0.1, 0.15) is 20.3 Å². The Morgan fingerprint density at radius 3 is 2.04 bits per heavy atom. The normalized spacial score (nSPS) is 13.0. The third-order valence-electron chi connectivity index (χ3n) is 3.03. The number of hydrazine groups is 1. The number of carbonyl (C=O) groups excluding carboxylic acids is 3. The van der Waals surface area contributed by atoms with E-state index in [1.807, 2.05) is 0 Å². The second kappa shape index (κ2) is 10.2. The van der Waals surface area contributed by atoms with Gasteiger partial charge in [-0.1, -0.05) is 13.8 Å². The lowest BCUT2D eigenvalue weighted by molar-refractivity contribution is -0.148. The summed E-state index contributed by atoms with van der Waals surface area (Å²) in [6.07, 6.45) is -0.593. The van der Waals surface area contributed by atoms with E-state index in [0.717, 1.165) is 0 Å². The molecule has 0 saturated heterocycles. The SMILES string of the molecule is CC(C)[C@H](NC(=O)[C@H](CC(N)=O)NN(CC(=O)O)C(=O)CN)C(=O)O. The summed E-state index contributed by atoms with van der Waals surface area (Å²) in [5.74, 6) is -5.83. The fraction of sp³-hybridized carbons (Fsp3) is 0.615. The molecule has 0 bridgehead atoms. The van der Waals surface area contributed by atoms with Gasteiger partial charge >= 0.3 is 11.9 Å². The first-order valence-corrected chi connectivity index (χ1v) is 7.29. The summed E-state index contributed by atoms with van der Waals surface area (Å²) in [4.78, 5) is 57.1. The van der Waals surface area contributed by atoms with Gasteiger partial charge in [-0.25, -0.2) is 10.2 Å². The number of carboxylic acids is 2. The zero-order chi connectivity index (χ0) is 19.7. The van der Waals surface area contributed by atoms with E-state index in [1.54, 1.807) is 13.8 Å². The first kappa shape index (κ1) is 22.3. The van der Waals surface area contributed by atoms with Crippen LogP contribution in [-0.4, -0.2) is 70.1 Å². The Morgan fingerprint density at radius 2 is 1.68 bits per heavy atom. The highest BCUT2D eigenvalue weighted by Gasteiger charge is 2.30. The molecule has 0 aromatic rings. The smallest absolute Gasteiger partial charge is 0.326 e. The summed E-state index contributed by atoms with van der Waals surface area (Å²) in [6.45, 7) is 1.74. The predicted octanol–water partition coefficient (Wildman–Crippen LogP) is -3.17. The number of rotatable bonds is 11. The molecule has 0 radical (unpaired) electrons. The molecule has 0 heterocycles. The number of aliphatic carboxylic acids is 2. The number of nitrogens with zero attached hydrogens (tertiary/aromatic N) is 1. The molecule has 0 rings (SSSR count). The number of nitrogens with two attached hydrogens (primary N) is 2. The minimum atomic E-state index is -1.45. The van der Waals surface area contributed by atoms with E-state index in [2.05, 4.69) is 10.7 Å². The summed E-state index contributed by atoms with van der Waals surface area (Å²) in [5, 5.41) is 20.7. The lowest BCUT2D eigenvalue weighted by Gasteiger charge is -2.28. The molecule has 25 heavy (non-hydrogen) atoms. The summed E-state index contributed by atoms with van der Waals surface area (Å²) in [6, 6.07) is -2.70. The van der Waals surface area contributed by atoms with Crippen molar-refractivity contribution in [3.63, 3.8) is 0 Å². The van der Waals surface area contributed by atoms with Gasteiger partial charge in [-0.2, -0.15) is 0 Å². The van der Waals surface area contributed by atoms with Crippen LogP contribution in [0.3, 0.4) is 0 Å². The van der Waals surface area contributed by atoms with Crippen molar-refractivity contribution in [2.75, 3.05) is 13.1 Å². The molecule has 0 spiro atoms. The first-order valence-electron chi connectivity index (χ1n) is 7.29. The maximum absolute atomic E-state index is 12.3. The molecule has 12 nitrogen and oxygen atoms in total. The summed E-state index contributed by atoms with van der Waals surface area (Å²) < 4.78 is 0. The third kappa shape index (κ3) is 8.08. The van der Waals surface area contributed by atoms with E-state index in [-0.39, 0.29) is 0 Å². The van der Waals surface area contributed by atoms with Gasteiger partial charge in [0.1, 0.15) is 18.6 Å². The molecule has 0 aromatic carbocycles. The fourth-order valence-corrected chi connectivity index (χ4v) is 1.80. The highest BCUT2D eigenvalue weighted by molar-refractivity contribution is 5.91. The molecule has 0 aromatic heterocycles. The summed E-state index contributed by atoms with van der Waals surface area (Å²) in [7, 11) is 0. The molecule has 3 amide bonds. The van der Waals surface area contributed by atoms with Crippen LogP contribution in [0.2, 0.25) is 0 Å². The highest BCUT2D eigenvalue weighted by atomic mass is 16.4. The van der Waals surface area contributed by atoms with Crippen LogP contribution in [0.25, 0.3) is 0 Å². The molecule has 2 atom stereocenters. The minimum Gasteiger partial charge on any atom is -0.480 e. The molecule has 0 aliphatic rings. The molecule has 0 unspecified atom stereocenters. The number of nitrogens with one attached hydrogen (secondary N) is 2. The van der Waals surface area contributed by atoms with E-state index in [4.69, 9.17) is 21.7 Å². The molecule has 0 fully saturated rings. The van der Waals surface area contributed by atoms with Crippen molar-refractivity contribution in [2.45, 2.75) is 32.4 Å². The van der Waals surface area contributed by atoms with Crippen molar-refractivity contribution in [3.05, 3.63) is 0 Å². The summed E-state index contributed by atoms with van der Waals surface area (Å²) >= 11 is 0. The van der Waals surface area contributed by atoms with Gasteiger partial charge in [0.2, 0.25) is 11.8 Å². The van der Waals surface area contributed by atoms with Crippen LogP contribution < -0.4 is 22.2 Å². The third-order valence-corrected chi connectivity index (χ3v) is 3.03. The molecule has 0 saturated carbocycles. The monoisotopic (exact) mass is 361 g/mol. The van der Waals surface area contributed by atoms with Crippen molar-refractivity contribution in [3.8, 4) is 0 Å². The standard InChI is InChI=1S/C13H23N5O7/c1-6(2)11(13(24)25)16-12(23)7(3-8(15)19)17-18(5-10(21)22)9(20)4-14/h6-7,11,17H,3-5,14H2,1-2H3,(H2,15,19)(H,16,23)(H,21,22)(H,24,25)/t7-,11-/m0/s1. The highest BCUT2D eigenvalue weighted by Crippen LogP contribution is 2.04. The number of carboxylic acid groups (broad SMARTS) is 2. The maximum Gasteiger partial charge on any atom is 0.326 e. The van der Waals surface area contributed by atoms with E-state index in [1.165, 1.54) is 0 Å². The fourth-order valence-electron chi connectivity index (χ4n) is 1.80. The quantitative estimate of drug-likeness (QED) is 0.205. The van der Waals surface area contributed by atoms with Gasteiger partial charge in [0.25, 0.3) is 5.91 Å². The van der Waals surface area contributed by atoms with Crippen molar-refractivity contribution in [1.29, 1.82) is 0 Å². The van der Waals surface area contributed by atoms with Gasteiger partial charge in [-0.3, -0.25) is 24.2 Å². The average Bonchev–Trinajstić information content (AvgIpc) is 2.48. The van der Waals surface area contributed by atoms with Crippen LogP contribution >= 0.6 is 0 Å². The second-order valence-corrected chi connectivity index (χ2v) is 5.50. The molecular weight excluding hydrogens is 338 g/mol. The maximum atomic E-state index is 12.3. The number of amides is 3. The van der Waals surface area contributed by atoms with E-state index < -0.39 is 67.2 Å². The van der Waals surface area contributed by atoms with Gasteiger partial charge in [-0.15, -0.1) is 0 Å². The first-order chi connectivity index (χ1) is 11.5. The molecule has 0 aliphatic heterocycles. The molecular formula is C13H23N5O7. The predicted molar refractivity (Wildman–Crippen MR) is 83.5 cm³/mol. The molecule has 0 aliphatic carbocycles. The zero-order valence-corrected chi connectivity index (χ0v) is 13.9. The Morgan fingerprint density at radius 1 is 1.12 bits per heavy atom. The van der Waals surface area contributed by atoms with Gasteiger partial charge < -0.3 is 27.0 Å². The van der Waals surface area contributed by atoms with Crippen LogP contribution in [0.5, 0.6) is 0 Å². The van der Waals surface area contributed by atoms with Gasteiger partial charge in [-0.05, 0) is 5.92 Å². The molecule has 142 valence electrons. The number of primary amides is 1. The van der Waals surface area contributed by atoms with E-state index >= 15 is 0 Å². The zero-order valence-electron chi connectivity index (χ0n) is 13.9. The molecule has 12 heteroatoms. The topological polar surface area (TPSA) is 205 Å². The molecule has 8 N–H and O–H groups in total. The Labute approximate surface area is 143 Å². The van der Waals surface area contributed by atoms with Crippen LogP contribution in [0, 0.1) is 5.92 Å². The van der Waals surface area contributed by atoms with Crippen molar-refractivity contribution in [2.24, 2.45) is 17.4 Å². The average molecular weight is 361 g/mol. The van der Waals surface area contributed by atoms with Crippen molar-refractivity contribution >= 4 is 29.7 Å². The van der Waals surface area contributed by atoms with Crippen LogP contribution in [0.15, 0.2) is 0 Å². The Bertz CT molecular complexity index is 537. The Kier molecular flexibility index (Phi) is 9.09. The number of carbonyl (C=O) groups is 5. The van der Waals surface area contributed by atoms with Crippen molar-refractivity contribution in [1.82, 2.24) is 15.8 Å². The number of hydrogen-bond donors (Lipinski definition) is 6. The summed E-state index contributed by atoms with van der Waals surface area (Å²) in [5.41, 5.74) is 12.5. The number of hydrogen-bond acceptors (Lipinski definition) is 7. The van der Waals surface area contributed by atoms with Gasteiger partial charge in [0.05, 0.1) is 13.0 Å². The lowest BCUT2D eigenvalue weighted by atomic mass is 10.0. The second-order valence-electron chi connectivity index (χ2n) is 5.50. The van der Waals surface area contributed by atoms with Gasteiger partial charge in [0.15, 0.2) is 0 Å². The Hall–Kier alpha value is -2.73. The largest absolute Gasteiger partial charge is 0.480 e. The van der Waals surface area contributed by atoms with Crippen LogP contribution in [-0.2, 0) is 24.0 Å². The van der Waals surface area contributed by atoms with Crippen LogP contribution in [0.4, 0.5) is 0 Å². The minimum absolute atomic E-state index is 0.462. The van der Waals surface area contributed by atoms with Crippen molar-refractivity contribution < 1.29 is 34.2 Å². The van der Waals surface area contributed by atoms with Gasteiger partial charge in [0, 0.05) is 0 Å². The Balaban J connectivity index is 5.34. The lowest BCUT2D eigenvalue weighted by Crippen LogP contribution is -2.59. The van der Waals surface area contributed by atoms with E-state index in [0.29, 0.717) is 5.01 Å². The van der Waals surface area contributed by atoms with E-state index in [9.17, 15) is 24.0 Å².